The summed E-state index contributed by atoms with van der Waals surface area (Å²) in [5.41, 5.74) is -0.0477. The van der Waals surface area contributed by atoms with Crippen LogP contribution in [0.4, 0.5) is 11.5 Å². The van der Waals surface area contributed by atoms with Gasteiger partial charge in [0.2, 0.25) is 5.82 Å². The quantitative estimate of drug-likeness (QED) is 0.557. The average Bonchev–Trinajstić information content (AvgIpc) is 2.59. The Hall–Kier alpha value is -1.63. The van der Waals surface area contributed by atoms with Crippen LogP contribution >= 0.6 is 0 Å². The van der Waals surface area contributed by atoms with Gasteiger partial charge in [-0.1, -0.05) is 6.92 Å². The molecular formula is C9H16N4O3. The van der Waals surface area contributed by atoms with Gasteiger partial charge in [-0.15, -0.1) is 5.10 Å². The molecule has 0 amide bonds. The highest BCUT2D eigenvalue weighted by atomic mass is 16.6. The maximum Gasteiger partial charge on any atom is 0.330 e. The number of hydrogen-bond acceptors (Lipinski definition) is 5. The number of nitro groups is 1. The van der Waals surface area contributed by atoms with E-state index in [1.165, 1.54) is 10.9 Å². The number of nitrogens with one attached hydrogen (secondary N) is 1. The molecule has 1 aromatic rings. The summed E-state index contributed by atoms with van der Waals surface area (Å²) in [7, 11) is 1.62. The van der Waals surface area contributed by atoms with Crippen molar-refractivity contribution in [2.45, 2.75) is 25.9 Å². The largest absolute Gasteiger partial charge is 0.393 e. The number of aromatic nitrogens is 2. The van der Waals surface area contributed by atoms with Crippen LogP contribution < -0.4 is 5.32 Å². The highest BCUT2D eigenvalue weighted by molar-refractivity contribution is 5.54. The zero-order valence-electron chi connectivity index (χ0n) is 9.38. The first-order valence-electron chi connectivity index (χ1n) is 5.14. The lowest BCUT2D eigenvalue weighted by molar-refractivity contribution is -0.384. The van der Waals surface area contributed by atoms with Gasteiger partial charge in [0.25, 0.3) is 0 Å². The van der Waals surface area contributed by atoms with Crippen molar-refractivity contribution in [1.82, 2.24) is 9.78 Å². The first-order chi connectivity index (χ1) is 7.54. The van der Waals surface area contributed by atoms with Crippen LogP contribution in [0, 0.1) is 10.1 Å². The highest BCUT2D eigenvalue weighted by Crippen LogP contribution is 2.21. The van der Waals surface area contributed by atoms with Gasteiger partial charge in [-0.05, 0) is 12.8 Å². The molecule has 1 unspecified atom stereocenters. The zero-order chi connectivity index (χ0) is 12.1. The third-order valence-electron chi connectivity index (χ3n) is 2.25. The van der Waals surface area contributed by atoms with Gasteiger partial charge in [0, 0.05) is 13.6 Å². The number of aliphatic hydroxyl groups excluding tert-OH is 1. The van der Waals surface area contributed by atoms with Crippen LogP contribution in [-0.4, -0.2) is 32.5 Å². The Morgan fingerprint density at radius 3 is 3.00 bits per heavy atom. The molecule has 0 saturated carbocycles. The summed E-state index contributed by atoms with van der Waals surface area (Å²) in [5.74, 6) is 0.246. The first-order valence-corrected chi connectivity index (χ1v) is 5.14. The van der Waals surface area contributed by atoms with Gasteiger partial charge < -0.3 is 10.4 Å². The summed E-state index contributed by atoms with van der Waals surface area (Å²) in [6.07, 6.45) is 2.18. The molecule has 0 aliphatic rings. The Bertz CT molecular complexity index is 364. The molecule has 0 spiro atoms. The SMILES string of the molecule is CCC(O)CCNc1nn(C)cc1[N+](=O)[O-]. The Morgan fingerprint density at radius 1 is 1.75 bits per heavy atom. The van der Waals surface area contributed by atoms with E-state index in [0.29, 0.717) is 19.4 Å². The molecule has 0 saturated heterocycles. The fourth-order valence-corrected chi connectivity index (χ4v) is 1.30. The van der Waals surface area contributed by atoms with E-state index >= 15 is 0 Å². The number of aryl methyl sites for hydroxylation is 1. The van der Waals surface area contributed by atoms with E-state index in [9.17, 15) is 15.2 Å². The predicted molar refractivity (Wildman–Crippen MR) is 59.3 cm³/mol. The second-order valence-corrected chi connectivity index (χ2v) is 3.57. The van der Waals surface area contributed by atoms with E-state index in [2.05, 4.69) is 10.4 Å². The van der Waals surface area contributed by atoms with E-state index in [0.717, 1.165) is 0 Å². The number of nitrogens with zero attached hydrogens (tertiary/aromatic N) is 3. The summed E-state index contributed by atoms with van der Waals surface area (Å²) in [5, 5.41) is 26.8. The predicted octanol–water partition coefficient (Wildman–Crippen LogP) is 0.901. The molecule has 16 heavy (non-hydrogen) atoms. The molecule has 0 fully saturated rings. The van der Waals surface area contributed by atoms with Crippen molar-refractivity contribution in [3.63, 3.8) is 0 Å². The van der Waals surface area contributed by atoms with E-state index in [1.807, 2.05) is 6.92 Å². The fraction of sp³-hybridized carbons (Fsp3) is 0.667. The molecule has 7 heteroatoms. The molecule has 7 nitrogen and oxygen atoms in total. The van der Waals surface area contributed by atoms with Crippen LogP contribution in [-0.2, 0) is 7.05 Å². The van der Waals surface area contributed by atoms with Crippen molar-refractivity contribution in [1.29, 1.82) is 0 Å². The Balaban J connectivity index is 2.56. The zero-order valence-corrected chi connectivity index (χ0v) is 9.38. The smallest absolute Gasteiger partial charge is 0.330 e. The van der Waals surface area contributed by atoms with Gasteiger partial charge in [-0.25, -0.2) is 0 Å². The second kappa shape index (κ2) is 5.45. The van der Waals surface area contributed by atoms with Gasteiger partial charge in [-0.2, -0.15) is 0 Å². The summed E-state index contributed by atoms with van der Waals surface area (Å²) >= 11 is 0. The van der Waals surface area contributed by atoms with Gasteiger partial charge in [0.1, 0.15) is 6.20 Å². The number of rotatable bonds is 6. The van der Waals surface area contributed by atoms with Crippen molar-refractivity contribution in [2.24, 2.45) is 7.05 Å². The molecule has 1 atom stereocenters. The molecule has 0 aliphatic heterocycles. The van der Waals surface area contributed by atoms with Crippen LogP contribution in [0.2, 0.25) is 0 Å². The van der Waals surface area contributed by atoms with Gasteiger partial charge in [-0.3, -0.25) is 14.8 Å². The normalized spacial score (nSPS) is 12.4. The molecule has 0 aromatic carbocycles. The van der Waals surface area contributed by atoms with Crippen LogP contribution in [0.5, 0.6) is 0 Å². The Kier molecular flexibility index (Phi) is 4.24. The van der Waals surface area contributed by atoms with E-state index in [1.54, 1.807) is 7.05 Å². The first kappa shape index (κ1) is 12.4. The monoisotopic (exact) mass is 228 g/mol. The summed E-state index contributed by atoms with van der Waals surface area (Å²) in [4.78, 5) is 10.2. The molecule has 90 valence electrons. The topological polar surface area (TPSA) is 93.2 Å². The summed E-state index contributed by atoms with van der Waals surface area (Å²) in [6.45, 7) is 2.35. The van der Waals surface area contributed by atoms with Crippen molar-refractivity contribution < 1.29 is 10.0 Å². The van der Waals surface area contributed by atoms with Crippen molar-refractivity contribution >= 4 is 11.5 Å². The van der Waals surface area contributed by atoms with Crippen LogP contribution in [0.25, 0.3) is 0 Å². The molecule has 0 bridgehead atoms. The fourth-order valence-electron chi connectivity index (χ4n) is 1.30. The molecule has 0 radical (unpaired) electrons. The minimum atomic E-state index is -0.481. The van der Waals surface area contributed by atoms with E-state index in [4.69, 9.17) is 0 Å². The lowest BCUT2D eigenvalue weighted by Crippen LogP contribution is -2.13. The van der Waals surface area contributed by atoms with Crippen LogP contribution in [0.1, 0.15) is 19.8 Å². The lowest BCUT2D eigenvalue weighted by atomic mass is 10.2. The number of anilines is 1. The maximum absolute atomic E-state index is 10.7. The van der Waals surface area contributed by atoms with Crippen molar-refractivity contribution in [3.05, 3.63) is 16.3 Å². The van der Waals surface area contributed by atoms with Crippen molar-refractivity contribution in [2.75, 3.05) is 11.9 Å². The van der Waals surface area contributed by atoms with Crippen LogP contribution in [0.3, 0.4) is 0 Å². The number of aliphatic hydroxyl groups is 1. The standard InChI is InChI=1S/C9H16N4O3/c1-3-7(14)4-5-10-9-8(13(15)16)6-12(2)11-9/h6-7,14H,3-5H2,1-2H3,(H,10,11). The maximum atomic E-state index is 10.7. The van der Waals surface area contributed by atoms with Crippen LogP contribution in [0.15, 0.2) is 6.20 Å². The summed E-state index contributed by atoms with van der Waals surface area (Å²) < 4.78 is 1.39. The van der Waals surface area contributed by atoms with Gasteiger partial charge in [0.05, 0.1) is 11.0 Å². The second-order valence-electron chi connectivity index (χ2n) is 3.57. The molecule has 0 aliphatic carbocycles. The molecule has 2 N–H and O–H groups in total. The van der Waals surface area contributed by atoms with Gasteiger partial charge >= 0.3 is 5.69 Å². The minimum absolute atomic E-state index is 0.0477. The molecule has 1 heterocycles. The third kappa shape index (κ3) is 3.20. The Morgan fingerprint density at radius 2 is 2.44 bits per heavy atom. The summed E-state index contributed by atoms with van der Waals surface area (Å²) in [6, 6.07) is 0. The third-order valence-corrected chi connectivity index (χ3v) is 2.25. The highest BCUT2D eigenvalue weighted by Gasteiger charge is 2.17. The van der Waals surface area contributed by atoms with E-state index < -0.39 is 4.92 Å². The van der Waals surface area contributed by atoms with Gasteiger partial charge in [0.15, 0.2) is 0 Å². The molecule has 1 rings (SSSR count). The van der Waals surface area contributed by atoms with Crippen molar-refractivity contribution in [3.8, 4) is 0 Å². The molecular weight excluding hydrogens is 212 g/mol. The average molecular weight is 228 g/mol. The van der Waals surface area contributed by atoms with E-state index in [-0.39, 0.29) is 17.6 Å². The minimum Gasteiger partial charge on any atom is -0.393 e. The lowest BCUT2D eigenvalue weighted by Gasteiger charge is -2.07. The Labute approximate surface area is 93.2 Å². The molecule has 1 aromatic heterocycles. The number of hydrogen-bond donors (Lipinski definition) is 2.